The number of thiophene rings is 1. The Morgan fingerprint density at radius 3 is 2.77 bits per heavy atom. The van der Waals surface area contributed by atoms with Gasteiger partial charge in [0.25, 0.3) is 0 Å². The Hall–Kier alpha value is -3.84. The lowest BCUT2D eigenvalue weighted by Gasteiger charge is -2.02. The van der Waals surface area contributed by atoms with Crippen molar-refractivity contribution in [3.05, 3.63) is 88.8 Å². The summed E-state index contributed by atoms with van der Waals surface area (Å²) in [5.74, 6) is 0.721. The van der Waals surface area contributed by atoms with Gasteiger partial charge in [0, 0.05) is 44.4 Å². The van der Waals surface area contributed by atoms with Crippen molar-refractivity contribution in [2.75, 3.05) is 0 Å². The van der Waals surface area contributed by atoms with E-state index in [0.717, 1.165) is 55.5 Å². The first kappa shape index (κ1) is 19.1. The zero-order chi connectivity index (χ0) is 21.4. The topological polar surface area (TPSA) is 83.1 Å². The number of nitrogens with zero attached hydrogens (tertiary/aromatic N) is 4. The SMILES string of the molecule is C=C/C=C(/c1ccc(C)s1)c1nc(-c2n[nH]c3ccc(-c4cnccn4)cc23)[nH]c1C. The van der Waals surface area contributed by atoms with Crippen LogP contribution in [-0.2, 0) is 0 Å². The molecular weight excluding hydrogens is 404 g/mol. The molecule has 4 heterocycles. The summed E-state index contributed by atoms with van der Waals surface area (Å²) >= 11 is 1.74. The van der Waals surface area contributed by atoms with E-state index in [9.17, 15) is 0 Å². The van der Waals surface area contributed by atoms with Crippen molar-refractivity contribution in [3.63, 3.8) is 0 Å². The van der Waals surface area contributed by atoms with E-state index in [1.165, 1.54) is 4.88 Å². The van der Waals surface area contributed by atoms with E-state index in [-0.39, 0.29) is 0 Å². The van der Waals surface area contributed by atoms with Gasteiger partial charge in [-0.1, -0.05) is 24.8 Å². The Kier molecular flexibility index (Phi) is 4.80. The Morgan fingerprint density at radius 2 is 2.03 bits per heavy atom. The van der Waals surface area contributed by atoms with Crippen molar-refractivity contribution in [2.24, 2.45) is 0 Å². The number of aromatic nitrogens is 6. The first-order chi connectivity index (χ1) is 15.1. The normalized spacial score (nSPS) is 11.9. The Morgan fingerprint density at radius 1 is 1.13 bits per heavy atom. The lowest BCUT2D eigenvalue weighted by atomic mass is 10.1. The van der Waals surface area contributed by atoms with Crippen molar-refractivity contribution in [1.82, 2.24) is 30.1 Å². The van der Waals surface area contributed by atoms with Crippen molar-refractivity contribution in [1.29, 1.82) is 0 Å². The highest BCUT2D eigenvalue weighted by molar-refractivity contribution is 7.13. The van der Waals surface area contributed by atoms with Crippen molar-refractivity contribution in [3.8, 4) is 22.8 Å². The van der Waals surface area contributed by atoms with Crippen LogP contribution in [0.25, 0.3) is 39.3 Å². The van der Waals surface area contributed by atoms with E-state index in [1.807, 2.05) is 25.1 Å². The lowest BCUT2D eigenvalue weighted by molar-refractivity contribution is 1.10. The van der Waals surface area contributed by atoms with Crippen LogP contribution in [0.1, 0.15) is 21.1 Å². The molecule has 0 unspecified atom stereocenters. The highest BCUT2D eigenvalue weighted by atomic mass is 32.1. The number of fused-ring (bicyclic) bond motifs is 1. The molecule has 31 heavy (non-hydrogen) atoms. The van der Waals surface area contributed by atoms with Gasteiger partial charge in [-0.25, -0.2) is 4.98 Å². The van der Waals surface area contributed by atoms with Gasteiger partial charge in [-0.3, -0.25) is 15.1 Å². The van der Waals surface area contributed by atoms with Crippen LogP contribution in [-0.4, -0.2) is 30.1 Å². The average Bonchev–Trinajstić information content (AvgIpc) is 3.50. The van der Waals surface area contributed by atoms with E-state index in [0.29, 0.717) is 0 Å². The summed E-state index contributed by atoms with van der Waals surface area (Å²) in [7, 11) is 0. The minimum Gasteiger partial charge on any atom is -0.340 e. The maximum absolute atomic E-state index is 4.93. The predicted molar refractivity (Wildman–Crippen MR) is 126 cm³/mol. The Bertz CT molecular complexity index is 1420. The molecule has 0 radical (unpaired) electrons. The fraction of sp³-hybridized carbons (Fsp3) is 0.0833. The maximum Gasteiger partial charge on any atom is 0.159 e. The van der Waals surface area contributed by atoms with E-state index < -0.39 is 0 Å². The molecule has 4 aromatic heterocycles. The molecule has 7 heteroatoms. The van der Waals surface area contributed by atoms with Gasteiger partial charge < -0.3 is 4.98 Å². The highest BCUT2D eigenvalue weighted by Crippen LogP contribution is 2.33. The largest absolute Gasteiger partial charge is 0.340 e. The fourth-order valence-electron chi connectivity index (χ4n) is 3.61. The van der Waals surface area contributed by atoms with Crippen LogP contribution in [0.5, 0.6) is 0 Å². The molecule has 1 aromatic carbocycles. The Labute approximate surface area is 183 Å². The summed E-state index contributed by atoms with van der Waals surface area (Å²) in [6.07, 6.45) is 8.92. The second-order valence-electron chi connectivity index (χ2n) is 7.21. The third-order valence-electron chi connectivity index (χ3n) is 5.08. The molecule has 2 N–H and O–H groups in total. The number of aryl methyl sites for hydroxylation is 2. The number of benzene rings is 1. The van der Waals surface area contributed by atoms with E-state index in [1.54, 1.807) is 36.0 Å². The van der Waals surface area contributed by atoms with Gasteiger partial charge >= 0.3 is 0 Å². The van der Waals surface area contributed by atoms with Gasteiger partial charge in [-0.2, -0.15) is 5.10 Å². The van der Waals surface area contributed by atoms with E-state index in [2.05, 4.69) is 56.9 Å². The molecule has 0 saturated heterocycles. The number of nitrogens with one attached hydrogen (secondary N) is 2. The molecule has 0 amide bonds. The quantitative estimate of drug-likeness (QED) is 0.354. The summed E-state index contributed by atoms with van der Waals surface area (Å²) in [6, 6.07) is 10.3. The van der Waals surface area contributed by atoms with Crippen molar-refractivity contribution < 1.29 is 0 Å². The zero-order valence-electron chi connectivity index (χ0n) is 17.2. The number of allylic oxidation sites excluding steroid dienone is 2. The van der Waals surface area contributed by atoms with Crippen LogP contribution in [0.3, 0.4) is 0 Å². The average molecular weight is 425 g/mol. The fourth-order valence-corrected chi connectivity index (χ4v) is 4.51. The maximum atomic E-state index is 4.93. The standard InChI is InChI=1S/C24H20N6S/c1-4-5-17(21-9-6-14(2)31-21)22-15(3)27-24(28-22)23-18-12-16(7-8-19(18)29-30-23)20-13-25-10-11-26-20/h4-13H,1H2,2-3H3,(H,27,28)(H,29,30)/b17-5-. The monoisotopic (exact) mass is 424 g/mol. The third-order valence-corrected chi connectivity index (χ3v) is 6.11. The molecule has 5 aromatic rings. The summed E-state index contributed by atoms with van der Waals surface area (Å²) in [5, 5.41) is 8.63. The van der Waals surface area contributed by atoms with Crippen LogP contribution in [0.15, 0.2) is 67.7 Å². The van der Waals surface area contributed by atoms with E-state index in [4.69, 9.17) is 4.98 Å². The third kappa shape index (κ3) is 3.49. The summed E-state index contributed by atoms with van der Waals surface area (Å²) in [6.45, 7) is 8.02. The molecule has 5 rings (SSSR count). The number of hydrogen-bond acceptors (Lipinski definition) is 5. The van der Waals surface area contributed by atoms with Gasteiger partial charge in [0.1, 0.15) is 5.69 Å². The van der Waals surface area contributed by atoms with Crippen molar-refractivity contribution >= 4 is 27.8 Å². The summed E-state index contributed by atoms with van der Waals surface area (Å²) in [4.78, 5) is 19.4. The van der Waals surface area contributed by atoms with Gasteiger partial charge in [-0.15, -0.1) is 11.3 Å². The molecule has 0 bridgehead atoms. The molecule has 0 atom stereocenters. The lowest BCUT2D eigenvalue weighted by Crippen LogP contribution is -1.88. The van der Waals surface area contributed by atoms with Gasteiger partial charge in [0.05, 0.1) is 23.1 Å². The van der Waals surface area contributed by atoms with Crippen molar-refractivity contribution in [2.45, 2.75) is 13.8 Å². The highest BCUT2D eigenvalue weighted by Gasteiger charge is 2.18. The van der Waals surface area contributed by atoms with Gasteiger partial charge in [0.15, 0.2) is 5.82 Å². The minimum absolute atomic E-state index is 0.721. The number of aromatic amines is 2. The van der Waals surface area contributed by atoms with Crippen LogP contribution in [0.2, 0.25) is 0 Å². The van der Waals surface area contributed by atoms with Crippen LogP contribution < -0.4 is 0 Å². The second-order valence-corrected chi connectivity index (χ2v) is 8.50. The van der Waals surface area contributed by atoms with Crippen LogP contribution >= 0.6 is 11.3 Å². The second kappa shape index (κ2) is 7.77. The first-order valence-electron chi connectivity index (χ1n) is 9.85. The molecule has 0 spiro atoms. The molecule has 0 aliphatic carbocycles. The molecule has 0 saturated carbocycles. The van der Waals surface area contributed by atoms with E-state index >= 15 is 0 Å². The molecular formula is C24H20N6S. The number of H-pyrrole nitrogens is 2. The Balaban J connectivity index is 1.61. The minimum atomic E-state index is 0.721. The van der Waals surface area contributed by atoms with Crippen LogP contribution in [0, 0.1) is 13.8 Å². The number of rotatable bonds is 5. The molecule has 152 valence electrons. The molecule has 0 aliphatic heterocycles. The van der Waals surface area contributed by atoms with Gasteiger partial charge in [0.2, 0.25) is 0 Å². The first-order valence-corrected chi connectivity index (χ1v) is 10.7. The predicted octanol–water partition coefficient (Wildman–Crippen LogP) is 5.71. The molecule has 6 nitrogen and oxygen atoms in total. The van der Waals surface area contributed by atoms with Gasteiger partial charge in [-0.05, 0) is 38.1 Å². The summed E-state index contributed by atoms with van der Waals surface area (Å²) in [5.41, 5.74) is 6.44. The number of hydrogen-bond donors (Lipinski definition) is 2. The summed E-state index contributed by atoms with van der Waals surface area (Å²) < 4.78 is 0. The smallest absolute Gasteiger partial charge is 0.159 e. The number of imidazole rings is 1. The molecule has 0 fully saturated rings. The van der Waals surface area contributed by atoms with Crippen LogP contribution in [0.4, 0.5) is 0 Å². The zero-order valence-corrected chi connectivity index (χ0v) is 18.0. The molecule has 0 aliphatic rings.